The van der Waals surface area contributed by atoms with E-state index >= 15 is 0 Å². The smallest absolute Gasteiger partial charge is 0.352 e. The maximum atomic E-state index is 12.8. The zero-order valence-electron chi connectivity index (χ0n) is 13.3. The fourth-order valence-electron chi connectivity index (χ4n) is 2.04. The predicted octanol–water partition coefficient (Wildman–Crippen LogP) is 3.33. The number of nitrogens with zero attached hydrogens (tertiary/aromatic N) is 2. The quantitative estimate of drug-likeness (QED) is 0.926. The van der Waals surface area contributed by atoms with Crippen molar-refractivity contribution >= 4 is 5.91 Å². The molecule has 1 saturated carbocycles. The minimum Gasteiger partial charge on any atom is -0.352 e. The molecule has 124 valence electrons. The second-order valence-corrected chi connectivity index (χ2v) is 7.04. The molecule has 1 aliphatic rings. The Kier molecular flexibility index (Phi) is 4.28. The molecule has 1 heterocycles. The van der Waals surface area contributed by atoms with E-state index < -0.39 is 11.9 Å². The molecule has 0 saturated heterocycles. The zero-order valence-corrected chi connectivity index (χ0v) is 13.3. The number of hydrogen-bond acceptors (Lipinski definition) is 2. The van der Waals surface area contributed by atoms with Crippen molar-refractivity contribution in [1.29, 1.82) is 0 Å². The van der Waals surface area contributed by atoms with Gasteiger partial charge in [-0.15, -0.1) is 0 Å². The summed E-state index contributed by atoms with van der Waals surface area (Å²) in [5.74, 6) is -0.224. The summed E-state index contributed by atoms with van der Waals surface area (Å²) in [7, 11) is 0. The molecule has 1 aromatic heterocycles. The molecule has 1 N–H and O–H groups in total. The number of aromatic nitrogens is 2. The fourth-order valence-corrected chi connectivity index (χ4v) is 2.04. The normalized spacial score (nSPS) is 17.4. The third kappa shape index (κ3) is 4.01. The predicted molar refractivity (Wildman–Crippen MR) is 76.3 cm³/mol. The van der Waals surface area contributed by atoms with Crippen molar-refractivity contribution in [1.82, 2.24) is 15.1 Å². The summed E-state index contributed by atoms with van der Waals surface area (Å²) < 4.78 is 39.6. The Morgan fingerprint density at radius 3 is 2.45 bits per heavy atom. The molecular formula is C15H22F3N3O. The summed E-state index contributed by atoms with van der Waals surface area (Å²) in [5, 5.41) is 6.40. The maximum Gasteiger partial charge on any atom is 0.435 e. The first-order valence-electron chi connectivity index (χ1n) is 7.43. The topological polar surface area (TPSA) is 46.9 Å². The van der Waals surface area contributed by atoms with Gasteiger partial charge in [-0.05, 0) is 31.2 Å². The highest BCUT2D eigenvalue weighted by Crippen LogP contribution is 2.42. The van der Waals surface area contributed by atoms with Gasteiger partial charge in [0.1, 0.15) is 6.54 Å². The van der Waals surface area contributed by atoms with Gasteiger partial charge in [-0.2, -0.15) is 18.3 Å². The number of halogens is 3. The Balaban J connectivity index is 2.12. The lowest BCUT2D eigenvalue weighted by Crippen LogP contribution is -2.43. The Bertz CT molecular complexity index is 553. The molecule has 7 heteroatoms. The molecule has 1 fully saturated rings. The Hall–Kier alpha value is -1.53. The first-order chi connectivity index (χ1) is 9.98. The van der Waals surface area contributed by atoms with E-state index in [4.69, 9.17) is 0 Å². The van der Waals surface area contributed by atoms with E-state index in [0.29, 0.717) is 5.69 Å². The zero-order chi connectivity index (χ0) is 16.7. The summed E-state index contributed by atoms with van der Waals surface area (Å²) in [5.41, 5.74) is -0.534. The van der Waals surface area contributed by atoms with Crippen LogP contribution >= 0.6 is 0 Å². The monoisotopic (exact) mass is 317 g/mol. The molecule has 4 nitrogen and oxygen atoms in total. The van der Waals surface area contributed by atoms with Gasteiger partial charge in [-0.1, -0.05) is 20.8 Å². The van der Waals surface area contributed by atoms with Crippen LogP contribution in [0.15, 0.2) is 6.07 Å². The van der Waals surface area contributed by atoms with Crippen LogP contribution in [0.3, 0.4) is 0 Å². The van der Waals surface area contributed by atoms with E-state index in [1.165, 1.54) is 4.68 Å². The number of rotatable bonds is 4. The van der Waals surface area contributed by atoms with Crippen LogP contribution in [-0.2, 0) is 17.5 Å². The van der Waals surface area contributed by atoms with Crippen LogP contribution in [0, 0.1) is 5.41 Å². The molecule has 0 bridgehead atoms. The summed E-state index contributed by atoms with van der Waals surface area (Å²) in [4.78, 5) is 12.1. The first-order valence-corrected chi connectivity index (χ1v) is 7.43. The van der Waals surface area contributed by atoms with Gasteiger partial charge in [0.15, 0.2) is 5.69 Å². The molecule has 22 heavy (non-hydrogen) atoms. The van der Waals surface area contributed by atoms with Crippen LogP contribution in [0.1, 0.15) is 57.8 Å². The third-order valence-corrected chi connectivity index (χ3v) is 4.07. The number of alkyl halides is 3. The van der Waals surface area contributed by atoms with Gasteiger partial charge in [0, 0.05) is 17.7 Å². The van der Waals surface area contributed by atoms with Gasteiger partial charge in [0.05, 0.1) is 0 Å². The van der Waals surface area contributed by atoms with Crippen molar-refractivity contribution in [2.24, 2.45) is 5.41 Å². The van der Waals surface area contributed by atoms with Crippen LogP contribution in [0.4, 0.5) is 13.2 Å². The van der Waals surface area contributed by atoms with Gasteiger partial charge in [-0.25, -0.2) is 0 Å². The third-order valence-electron chi connectivity index (χ3n) is 4.07. The number of carbonyl (C=O) groups excluding carboxylic acids is 1. The van der Waals surface area contributed by atoms with Crippen molar-refractivity contribution in [3.63, 3.8) is 0 Å². The van der Waals surface area contributed by atoms with E-state index in [0.717, 1.165) is 18.9 Å². The van der Waals surface area contributed by atoms with Gasteiger partial charge in [-0.3, -0.25) is 9.48 Å². The summed E-state index contributed by atoms with van der Waals surface area (Å²) in [6.07, 6.45) is -2.78. The fraction of sp³-hybridized carbons (Fsp3) is 0.733. The lowest BCUT2D eigenvalue weighted by atomic mass is 9.88. The highest BCUT2D eigenvalue weighted by molar-refractivity contribution is 5.76. The second-order valence-electron chi connectivity index (χ2n) is 7.04. The van der Waals surface area contributed by atoms with Gasteiger partial charge >= 0.3 is 6.18 Å². The molecule has 0 aliphatic heterocycles. The Morgan fingerprint density at radius 2 is 2.00 bits per heavy atom. The molecule has 0 unspecified atom stereocenters. The Morgan fingerprint density at radius 1 is 1.41 bits per heavy atom. The lowest BCUT2D eigenvalue weighted by Gasteiger charge is -2.28. The highest BCUT2D eigenvalue weighted by atomic mass is 19.4. The average molecular weight is 317 g/mol. The van der Waals surface area contributed by atoms with Crippen molar-refractivity contribution in [2.75, 3.05) is 0 Å². The SMILES string of the molecule is C[C@@H](NC(=O)Cn1nc(C(F)(F)F)cc1C1CC1)C(C)(C)C. The molecular weight excluding hydrogens is 295 g/mol. The van der Waals surface area contributed by atoms with Gasteiger partial charge in [0.25, 0.3) is 0 Å². The lowest BCUT2D eigenvalue weighted by molar-refractivity contribution is -0.141. The minimum atomic E-state index is -4.48. The van der Waals surface area contributed by atoms with Crippen LogP contribution in [-0.4, -0.2) is 21.7 Å². The standard InChI is InChI=1S/C15H22F3N3O/c1-9(14(2,3)4)19-13(22)8-21-11(10-5-6-10)7-12(20-21)15(16,17)18/h7,9-10H,5-6,8H2,1-4H3,(H,19,22)/t9-/m1/s1. The van der Waals surface area contributed by atoms with E-state index in [-0.39, 0.29) is 29.8 Å². The molecule has 2 rings (SSSR count). The van der Waals surface area contributed by atoms with Crippen LogP contribution in [0.25, 0.3) is 0 Å². The van der Waals surface area contributed by atoms with E-state index in [9.17, 15) is 18.0 Å². The first kappa shape index (κ1) is 16.8. The molecule has 0 aromatic carbocycles. The summed E-state index contributed by atoms with van der Waals surface area (Å²) in [6.45, 7) is 7.67. The van der Waals surface area contributed by atoms with Crippen LogP contribution in [0.2, 0.25) is 0 Å². The minimum absolute atomic E-state index is 0.0815. The van der Waals surface area contributed by atoms with E-state index in [1.54, 1.807) is 0 Å². The van der Waals surface area contributed by atoms with Crippen LogP contribution in [0.5, 0.6) is 0 Å². The van der Waals surface area contributed by atoms with E-state index in [2.05, 4.69) is 10.4 Å². The largest absolute Gasteiger partial charge is 0.435 e. The number of amides is 1. The molecule has 0 radical (unpaired) electrons. The molecule has 0 spiro atoms. The van der Waals surface area contributed by atoms with Crippen molar-refractivity contribution in [3.05, 3.63) is 17.5 Å². The molecule has 1 atom stereocenters. The van der Waals surface area contributed by atoms with Crippen molar-refractivity contribution < 1.29 is 18.0 Å². The number of nitrogens with one attached hydrogen (secondary N) is 1. The van der Waals surface area contributed by atoms with Crippen molar-refractivity contribution in [3.8, 4) is 0 Å². The highest BCUT2D eigenvalue weighted by Gasteiger charge is 2.38. The van der Waals surface area contributed by atoms with Crippen LogP contribution < -0.4 is 5.32 Å². The average Bonchev–Trinajstić information content (AvgIpc) is 3.08. The second kappa shape index (κ2) is 5.59. The molecule has 1 amide bonds. The number of carbonyl (C=O) groups is 1. The van der Waals surface area contributed by atoms with Crippen molar-refractivity contribution in [2.45, 2.75) is 65.2 Å². The summed E-state index contributed by atoms with van der Waals surface area (Å²) in [6, 6.07) is 0.986. The van der Waals surface area contributed by atoms with Gasteiger partial charge in [0.2, 0.25) is 5.91 Å². The number of hydrogen-bond donors (Lipinski definition) is 1. The van der Waals surface area contributed by atoms with Gasteiger partial charge < -0.3 is 5.32 Å². The molecule has 1 aromatic rings. The molecule has 1 aliphatic carbocycles. The Labute approximate surface area is 128 Å². The maximum absolute atomic E-state index is 12.8. The summed E-state index contributed by atoms with van der Waals surface area (Å²) >= 11 is 0. The van der Waals surface area contributed by atoms with E-state index in [1.807, 2.05) is 27.7 Å².